The average Bonchev–Trinajstić information content (AvgIpc) is 3.14. The van der Waals surface area contributed by atoms with Crippen molar-refractivity contribution in [3.05, 3.63) is 64.9 Å². The van der Waals surface area contributed by atoms with Gasteiger partial charge in [-0.05, 0) is 65.5 Å². The standard InChI is InChI=1S/C23H25BrN6O/c1-3-25-20-19-21(30(22(24)27-19)17-11-13-18(31-2)14-12-17)29-23(28-20)26-15-7-10-16-8-5-4-6-9-16/h4-6,8-9,11-14H,3,7,10,15H2,1-2H3,(H2,25,26,28,29). The number of ether oxygens (including phenoxy) is 1. The van der Waals surface area contributed by atoms with Crippen molar-refractivity contribution < 1.29 is 4.74 Å². The van der Waals surface area contributed by atoms with Gasteiger partial charge in [-0.15, -0.1) is 0 Å². The van der Waals surface area contributed by atoms with Gasteiger partial charge < -0.3 is 15.4 Å². The van der Waals surface area contributed by atoms with Crippen LogP contribution in [0.25, 0.3) is 16.9 Å². The molecule has 160 valence electrons. The van der Waals surface area contributed by atoms with Crippen LogP contribution in [0.15, 0.2) is 59.3 Å². The lowest BCUT2D eigenvalue weighted by Crippen LogP contribution is -2.10. The van der Waals surface area contributed by atoms with Crippen molar-refractivity contribution in [2.45, 2.75) is 19.8 Å². The fourth-order valence-electron chi connectivity index (χ4n) is 3.40. The van der Waals surface area contributed by atoms with Crippen molar-refractivity contribution in [1.29, 1.82) is 0 Å². The normalized spacial score (nSPS) is 10.9. The number of benzene rings is 2. The second-order valence-electron chi connectivity index (χ2n) is 7.03. The highest BCUT2D eigenvalue weighted by atomic mass is 79.9. The summed E-state index contributed by atoms with van der Waals surface area (Å²) in [5, 5.41) is 6.68. The molecular formula is C23H25BrN6O. The fraction of sp³-hybridized carbons (Fsp3) is 0.261. The van der Waals surface area contributed by atoms with Crippen LogP contribution in [0.4, 0.5) is 11.8 Å². The Morgan fingerprint density at radius 2 is 1.74 bits per heavy atom. The van der Waals surface area contributed by atoms with Gasteiger partial charge in [0.05, 0.1) is 7.11 Å². The van der Waals surface area contributed by atoms with Crippen LogP contribution in [0.3, 0.4) is 0 Å². The van der Waals surface area contributed by atoms with E-state index in [-0.39, 0.29) is 0 Å². The number of rotatable bonds is 9. The number of nitrogens with zero attached hydrogens (tertiary/aromatic N) is 4. The molecule has 0 bridgehead atoms. The van der Waals surface area contributed by atoms with E-state index in [9.17, 15) is 0 Å². The van der Waals surface area contributed by atoms with Gasteiger partial charge in [0.1, 0.15) is 5.75 Å². The van der Waals surface area contributed by atoms with Crippen LogP contribution in [0.1, 0.15) is 18.9 Å². The van der Waals surface area contributed by atoms with Crippen molar-refractivity contribution in [2.75, 3.05) is 30.8 Å². The third-order valence-corrected chi connectivity index (χ3v) is 5.44. The number of anilines is 2. The number of aryl methyl sites for hydroxylation is 1. The van der Waals surface area contributed by atoms with Crippen LogP contribution in [0.2, 0.25) is 0 Å². The van der Waals surface area contributed by atoms with Crippen LogP contribution in [-0.4, -0.2) is 39.7 Å². The summed E-state index contributed by atoms with van der Waals surface area (Å²) in [5.41, 5.74) is 3.72. The summed E-state index contributed by atoms with van der Waals surface area (Å²) in [5.74, 6) is 2.10. The maximum absolute atomic E-state index is 5.28. The Kier molecular flexibility index (Phi) is 6.66. The predicted octanol–water partition coefficient (Wildman–Crippen LogP) is 5.06. The molecule has 2 aromatic heterocycles. The number of hydrogen-bond acceptors (Lipinski definition) is 6. The number of hydrogen-bond donors (Lipinski definition) is 2. The van der Waals surface area contributed by atoms with Crippen LogP contribution >= 0.6 is 15.9 Å². The summed E-state index contributed by atoms with van der Waals surface area (Å²) in [6.07, 6.45) is 1.99. The van der Waals surface area contributed by atoms with E-state index in [0.29, 0.717) is 16.5 Å². The molecule has 0 amide bonds. The van der Waals surface area contributed by atoms with Gasteiger partial charge in [-0.3, -0.25) is 4.57 Å². The van der Waals surface area contributed by atoms with Gasteiger partial charge in [0, 0.05) is 18.8 Å². The van der Waals surface area contributed by atoms with Gasteiger partial charge in [0.15, 0.2) is 21.7 Å². The minimum atomic E-state index is 0.582. The van der Waals surface area contributed by atoms with Crippen LogP contribution in [-0.2, 0) is 6.42 Å². The molecule has 4 aromatic rings. The monoisotopic (exact) mass is 480 g/mol. The average molecular weight is 481 g/mol. The molecule has 0 atom stereocenters. The quantitative estimate of drug-likeness (QED) is 0.257. The fourth-order valence-corrected chi connectivity index (χ4v) is 3.95. The van der Waals surface area contributed by atoms with E-state index in [1.54, 1.807) is 7.11 Å². The molecule has 8 heteroatoms. The highest BCUT2D eigenvalue weighted by Crippen LogP contribution is 2.29. The second-order valence-corrected chi connectivity index (χ2v) is 7.74. The molecule has 0 saturated heterocycles. The summed E-state index contributed by atoms with van der Waals surface area (Å²) < 4.78 is 7.91. The Balaban J connectivity index is 1.61. The van der Waals surface area contributed by atoms with Crippen molar-refractivity contribution >= 4 is 38.9 Å². The van der Waals surface area contributed by atoms with Crippen LogP contribution < -0.4 is 15.4 Å². The molecule has 0 aliphatic heterocycles. The molecule has 7 nitrogen and oxygen atoms in total. The number of aromatic nitrogens is 4. The number of methoxy groups -OCH3 is 1. The molecule has 31 heavy (non-hydrogen) atoms. The third-order valence-electron chi connectivity index (χ3n) is 4.91. The highest BCUT2D eigenvalue weighted by molar-refractivity contribution is 9.10. The van der Waals surface area contributed by atoms with E-state index in [1.165, 1.54) is 5.56 Å². The molecule has 0 radical (unpaired) electrons. The van der Waals surface area contributed by atoms with Crippen molar-refractivity contribution in [1.82, 2.24) is 19.5 Å². The lowest BCUT2D eigenvalue weighted by atomic mass is 10.1. The first-order valence-electron chi connectivity index (χ1n) is 10.3. The summed E-state index contributed by atoms with van der Waals surface area (Å²) >= 11 is 3.59. The lowest BCUT2D eigenvalue weighted by molar-refractivity contribution is 0.415. The van der Waals surface area contributed by atoms with Gasteiger partial charge in [-0.2, -0.15) is 9.97 Å². The first-order chi connectivity index (χ1) is 15.2. The summed E-state index contributed by atoms with van der Waals surface area (Å²) in [6.45, 7) is 3.56. The van der Waals surface area contributed by atoms with Gasteiger partial charge >= 0.3 is 0 Å². The zero-order valence-corrected chi connectivity index (χ0v) is 19.2. The van der Waals surface area contributed by atoms with E-state index in [4.69, 9.17) is 9.72 Å². The maximum atomic E-state index is 5.28. The molecule has 0 spiro atoms. The Labute approximate surface area is 190 Å². The van der Waals surface area contributed by atoms with Crippen LogP contribution in [0.5, 0.6) is 5.75 Å². The Morgan fingerprint density at radius 3 is 2.45 bits per heavy atom. The predicted molar refractivity (Wildman–Crippen MR) is 128 cm³/mol. The molecular weight excluding hydrogens is 456 g/mol. The van der Waals surface area contributed by atoms with Gasteiger partial charge in [0.2, 0.25) is 5.95 Å². The SMILES string of the molecule is CCNc1nc(NCCCc2ccccc2)nc2c1nc(Br)n2-c1ccc(OC)cc1. The molecule has 0 saturated carbocycles. The summed E-state index contributed by atoms with van der Waals surface area (Å²) in [6, 6.07) is 18.3. The van der Waals surface area contributed by atoms with Gasteiger partial charge in [0.25, 0.3) is 0 Å². The summed E-state index contributed by atoms with van der Waals surface area (Å²) in [7, 11) is 1.66. The van der Waals surface area contributed by atoms with E-state index in [2.05, 4.69) is 60.8 Å². The number of nitrogens with one attached hydrogen (secondary N) is 2. The molecule has 2 N–H and O–H groups in total. The maximum Gasteiger partial charge on any atom is 0.226 e. The lowest BCUT2D eigenvalue weighted by Gasteiger charge is -2.10. The Hall–Kier alpha value is -3.13. The minimum Gasteiger partial charge on any atom is -0.497 e. The zero-order chi connectivity index (χ0) is 21.6. The second kappa shape index (κ2) is 9.78. The summed E-state index contributed by atoms with van der Waals surface area (Å²) in [4.78, 5) is 14.1. The molecule has 0 fully saturated rings. The molecule has 2 aromatic carbocycles. The number of imidazole rings is 1. The highest BCUT2D eigenvalue weighted by Gasteiger charge is 2.18. The number of halogens is 1. The molecule has 0 unspecified atom stereocenters. The molecule has 0 aliphatic carbocycles. The van der Waals surface area contributed by atoms with E-state index < -0.39 is 0 Å². The smallest absolute Gasteiger partial charge is 0.226 e. The van der Waals surface area contributed by atoms with Crippen molar-refractivity contribution in [3.63, 3.8) is 0 Å². The van der Waals surface area contributed by atoms with Gasteiger partial charge in [-0.25, -0.2) is 4.98 Å². The third kappa shape index (κ3) is 4.80. The van der Waals surface area contributed by atoms with E-state index in [0.717, 1.165) is 48.5 Å². The molecule has 4 rings (SSSR count). The largest absolute Gasteiger partial charge is 0.497 e. The van der Waals surface area contributed by atoms with E-state index >= 15 is 0 Å². The van der Waals surface area contributed by atoms with Crippen molar-refractivity contribution in [3.8, 4) is 11.4 Å². The molecule has 0 aliphatic rings. The molecule has 2 heterocycles. The number of fused-ring (bicyclic) bond motifs is 1. The van der Waals surface area contributed by atoms with Crippen LogP contribution in [0, 0.1) is 0 Å². The van der Waals surface area contributed by atoms with E-state index in [1.807, 2.05) is 41.8 Å². The first-order valence-corrected chi connectivity index (χ1v) is 11.1. The Morgan fingerprint density at radius 1 is 0.968 bits per heavy atom. The minimum absolute atomic E-state index is 0.582. The van der Waals surface area contributed by atoms with Gasteiger partial charge in [-0.1, -0.05) is 30.3 Å². The Bertz CT molecular complexity index is 1140. The zero-order valence-electron chi connectivity index (χ0n) is 17.6. The topological polar surface area (TPSA) is 76.9 Å². The van der Waals surface area contributed by atoms with Crippen molar-refractivity contribution in [2.24, 2.45) is 0 Å². The first kappa shape index (κ1) is 21.1.